The van der Waals surface area contributed by atoms with Crippen molar-refractivity contribution in [3.63, 3.8) is 0 Å². The van der Waals surface area contributed by atoms with Crippen molar-refractivity contribution in [1.29, 1.82) is 0 Å². The highest BCUT2D eigenvalue weighted by molar-refractivity contribution is 6.23. The SMILES string of the molecule is c1ccc(-c2cccc(-c3cccc4oc5c6ccccc6c(N(c6ccc7c(c6)C6(c8ccccc8-c8ccccc86)c6ccccc6-7)c6ccccc6-c6ccccc6)cc5c34)c2)cc1. The number of para-hydroxylation sites is 1. The van der Waals surface area contributed by atoms with Gasteiger partial charge in [-0.2, -0.15) is 0 Å². The van der Waals surface area contributed by atoms with Crippen molar-refractivity contribution >= 4 is 49.8 Å². The zero-order valence-corrected chi connectivity index (χ0v) is 36.5. The zero-order valence-electron chi connectivity index (χ0n) is 36.5. The molecule has 0 unspecified atom stereocenters. The molecule has 0 saturated carbocycles. The van der Waals surface area contributed by atoms with Gasteiger partial charge in [-0.3, -0.25) is 0 Å². The largest absolute Gasteiger partial charge is 0.455 e. The molecular formula is C65H41NO. The molecule has 0 fully saturated rings. The molecule has 0 aliphatic heterocycles. The molecule has 0 saturated heterocycles. The molecule has 0 bridgehead atoms. The minimum atomic E-state index is -0.490. The average Bonchev–Trinajstić information content (AvgIpc) is 4.04. The second-order valence-electron chi connectivity index (χ2n) is 17.9. The number of nitrogens with zero attached hydrogens (tertiary/aromatic N) is 1. The van der Waals surface area contributed by atoms with Gasteiger partial charge in [-0.15, -0.1) is 0 Å². The van der Waals surface area contributed by atoms with Crippen molar-refractivity contribution in [2.45, 2.75) is 5.41 Å². The van der Waals surface area contributed by atoms with Crippen LogP contribution in [0.4, 0.5) is 17.1 Å². The van der Waals surface area contributed by atoms with Gasteiger partial charge >= 0.3 is 0 Å². The third kappa shape index (κ3) is 5.45. The normalized spacial score (nSPS) is 12.9. The van der Waals surface area contributed by atoms with Gasteiger partial charge in [0.15, 0.2) is 0 Å². The molecule has 0 radical (unpaired) electrons. The molecule has 1 spiro atoms. The summed E-state index contributed by atoms with van der Waals surface area (Å²) < 4.78 is 6.99. The van der Waals surface area contributed by atoms with Gasteiger partial charge in [0.1, 0.15) is 11.2 Å². The van der Waals surface area contributed by atoms with E-state index < -0.39 is 5.41 Å². The molecule has 2 heteroatoms. The highest BCUT2D eigenvalue weighted by Gasteiger charge is 2.51. The monoisotopic (exact) mass is 851 g/mol. The summed E-state index contributed by atoms with van der Waals surface area (Å²) in [5, 5.41) is 4.37. The Morgan fingerprint density at radius 1 is 0.299 bits per heavy atom. The van der Waals surface area contributed by atoms with Crippen LogP contribution in [0.1, 0.15) is 22.3 Å². The van der Waals surface area contributed by atoms with Gasteiger partial charge in [-0.1, -0.05) is 212 Å². The molecule has 14 rings (SSSR count). The molecule has 0 N–H and O–H groups in total. The molecule has 2 nitrogen and oxygen atoms in total. The van der Waals surface area contributed by atoms with E-state index >= 15 is 0 Å². The molecule has 67 heavy (non-hydrogen) atoms. The van der Waals surface area contributed by atoms with E-state index in [1.54, 1.807) is 0 Å². The van der Waals surface area contributed by atoms with E-state index in [0.29, 0.717) is 0 Å². The summed E-state index contributed by atoms with van der Waals surface area (Å²) in [4.78, 5) is 2.52. The second-order valence-corrected chi connectivity index (χ2v) is 17.9. The Morgan fingerprint density at radius 3 is 1.52 bits per heavy atom. The van der Waals surface area contributed by atoms with Gasteiger partial charge in [-0.05, 0) is 109 Å². The topological polar surface area (TPSA) is 16.4 Å². The van der Waals surface area contributed by atoms with Crippen LogP contribution in [0.2, 0.25) is 0 Å². The zero-order chi connectivity index (χ0) is 44.1. The van der Waals surface area contributed by atoms with Crippen LogP contribution in [0.3, 0.4) is 0 Å². The maximum Gasteiger partial charge on any atom is 0.143 e. The van der Waals surface area contributed by atoms with Gasteiger partial charge in [0.2, 0.25) is 0 Å². The quantitative estimate of drug-likeness (QED) is 0.166. The van der Waals surface area contributed by atoms with Crippen LogP contribution in [0, 0.1) is 0 Å². The van der Waals surface area contributed by atoms with Crippen LogP contribution in [-0.4, -0.2) is 0 Å². The van der Waals surface area contributed by atoms with Crippen molar-refractivity contribution in [1.82, 2.24) is 0 Å². The molecule has 12 aromatic rings. The van der Waals surface area contributed by atoms with E-state index in [1.165, 1.54) is 55.6 Å². The Balaban J connectivity index is 1.07. The Labute approximate surface area is 389 Å². The first kappa shape index (κ1) is 37.6. The first-order valence-corrected chi connectivity index (χ1v) is 23.2. The van der Waals surface area contributed by atoms with Gasteiger partial charge in [0.05, 0.1) is 16.8 Å². The summed E-state index contributed by atoms with van der Waals surface area (Å²) in [6.07, 6.45) is 0. The fourth-order valence-corrected chi connectivity index (χ4v) is 11.7. The number of rotatable bonds is 6. The van der Waals surface area contributed by atoms with E-state index in [-0.39, 0.29) is 0 Å². The van der Waals surface area contributed by atoms with Crippen LogP contribution >= 0.6 is 0 Å². The summed E-state index contributed by atoms with van der Waals surface area (Å²) in [6, 6.07) is 91.3. The van der Waals surface area contributed by atoms with Crippen molar-refractivity contribution in [3.8, 4) is 55.6 Å². The average molecular weight is 852 g/mol. The Bertz CT molecular complexity index is 3870. The summed E-state index contributed by atoms with van der Waals surface area (Å²) in [6.45, 7) is 0. The number of hydrogen-bond donors (Lipinski definition) is 0. The number of fused-ring (bicyclic) bond motifs is 15. The van der Waals surface area contributed by atoms with Crippen LogP contribution < -0.4 is 4.90 Å². The molecule has 2 aliphatic rings. The minimum Gasteiger partial charge on any atom is -0.455 e. The number of anilines is 3. The number of hydrogen-bond acceptors (Lipinski definition) is 2. The summed E-state index contributed by atoms with van der Waals surface area (Å²) in [7, 11) is 0. The Kier molecular flexibility index (Phi) is 8.23. The first-order valence-electron chi connectivity index (χ1n) is 23.2. The van der Waals surface area contributed by atoms with Crippen molar-refractivity contribution in [3.05, 3.63) is 271 Å². The lowest BCUT2D eigenvalue weighted by Crippen LogP contribution is -2.26. The summed E-state index contributed by atoms with van der Waals surface area (Å²) in [5.41, 5.74) is 21.9. The Morgan fingerprint density at radius 2 is 0.821 bits per heavy atom. The van der Waals surface area contributed by atoms with Crippen molar-refractivity contribution in [2.75, 3.05) is 4.90 Å². The Hall–Kier alpha value is -8.72. The molecule has 11 aromatic carbocycles. The highest BCUT2D eigenvalue weighted by Crippen LogP contribution is 2.63. The fourth-order valence-electron chi connectivity index (χ4n) is 11.7. The molecule has 0 atom stereocenters. The number of benzene rings is 11. The van der Waals surface area contributed by atoms with Gasteiger partial charge in [0.25, 0.3) is 0 Å². The maximum atomic E-state index is 6.99. The molecule has 312 valence electrons. The van der Waals surface area contributed by atoms with Crippen LogP contribution in [0.15, 0.2) is 253 Å². The first-order chi connectivity index (χ1) is 33.3. The second kappa shape index (κ2) is 14.7. The van der Waals surface area contributed by atoms with E-state index in [4.69, 9.17) is 4.42 Å². The van der Waals surface area contributed by atoms with Gasteiger partial charge in [-0.25, -0.2) is 0 Å². The van der Waals surface area contributed by atoms with Crippen LogP contribution in [-0.2, 0) is 5.41 Å². The van der Waals surface area contributed by atoms with Crippen LogP contribution in [0.5, 0.6) is 0 Å². The van der Waals surface area contributed by atoms with Crippen LogP contribution in [0.25, 0.3) is 88.3 Å². The maximum absolute atomic E-state index is 6.99. The van der Waals surface area contributed by atoms with Gasteiger partial charge < -0.3 is 9.32 Å². The molecule has 0 amide bonds. The standard InChI is InChI=1S/C65H41NO/c1-3-19-42(20-4-1)44-23-17-24-45(39-44)48-31-18-36-62-63(48)55-41-61(53-29-7-8-30-54(53)64(55)67-62)66(60-35-16-12-25-47(60)43-21-5-2-6-22-43)46-37-38-52-51-28-11-15-34-58(51)65(59(52)40-46)56-32-13-9-26-49(56)50-27-10-14-33-57(50)65/h1-41H. The highest BCUT2D eigenvalue weighted by atomic mass is 16.3. The summed E-state index contributed by atoms with van der Waals surface area (Å²) in [5.74, 6) is 0. The van der Waals surface area contributed by atoms with Crippen molar-refractivity contribution in [2.24, 2.45) is 0 Å². The molecule has 1 heterocycles. The lowest BCUT2D eigenvalue weighted by Gasteiger charge is -2.33. The fraction of sp³-hybridized carbons (Fsp3) is 0.0154. The lowest BCUT2D eigenvalue weighted by molar-refractivity contribution is 0.673. The van der Waals surface area contributed by atoms with E-state index in [9.17, 15) is 0 Å². The smallest absolute Gasteiger partial charge is 0.143 e. The van der Waals surface area contributed by atoms with E-state index in [1.807, 2.05) is 0 Å². The molecule has 1 aromatic heterocycles. The minimum absolute atomic E-state index is 0.490. The van der Waals surface area contributed by atoms with E-state index in [0.717, 1.165) is 72.0 Å². The molecular weight excluding hydrogens is 811 g/mol. The number of furan rings is 1. The van der Waals surface area contributed by atoms with Gasteiger partial charge in [0, 0.05) is 32.8 Å². The lowest BCUT2D eigenvalue weighted by atomic mass is 9.70. The van der Waals surface area contributed by atoms with Crippen molar-refractivity contribution < 1.29 is 4.42 Å². The predicted molar refractivity (Wildman–Crippen MR) is 279 cm³/mol. The third-order valence-electron chi connectivity index (χ3n) is 14.5. The predicted octanol–water partition coefficient (Wildman–Crippen LogP) is 17.6. The van der Waals surface area contributed by atoms with E-state index in [2.05, 4.69) is 254 Å². The molecule has 2 aliphatic carbocycles. The third-order valence-corrected chi connectivity index (χ3v) is 14.5. The summed E-state index contributed by atoms with van der Waals surface area (Å²) >= 11 is 0.